The smallest absolute Gasteiger partial charge is 0.240 e. The minimum Gasteiger partial charge on any atom is -0.339 e. The van der Waals surface area contributed by atoms with Gasteiger partial charge in [0.2, 0.25) is 11.8 Å². The number of carbonyl (C=O) groups excluding carboxylic acids is 2. The Labute approximate surface area is 151 Å². The lowest BCUT2D eigenvalue weighted by molar-refractivity contribution is -0.145. The predicted octanol–water partition coefficient (Wildman–Crippen LogP) is 4.07. The summed E-state index contributed by atoms with van der Waals surface area (Å²) in [6.07, 6.45) is 6.50. The molecule has 1 saturated carbocycles. The Balaban J connectivity index is 1.79. The van der Waals surface area contributed by atoms with Gasteiger partial charge in [-0.2, -0.15) is 0 Å². The molecule has 1 aromatic rings. The van der Waals surface area contributed by atoms with Gasteiger partial charge in [-0.05, 0) is 63.0 Å². The second-order valence-electron chi connectivity index (χ2n) is 7.56. The van der Waals surface area contributed by atoms with Crippen LogP contribution in [0.2, 0.25) is 0 Å². The number of piperidine rings is 1. The van der Waals surface area contributed by atoms with Gasteiger partial charge in [0, 0.05) is 18.3 Å². The van der Waals surface area contributed by atoms with Crippen LogP contribution in [0.5, 0.6) is 0 Å². The van der Waals surface area contributed by atoms with E-state index in [2.05, 4.69) is 19.2 Å². The van der Waals surface area contributed by atoms with E-state index in [-0.39, 0.29) is 11.8 Å². The van der Waals surface area contributed by atoms with E-state index in [9.17, 15) is 9.59 Å². The third kappa shape index (κ3) is 3.31. The van der Waals surface area contributed by atoms with Gasteiger partial charge < -0.3 is 10.2 Å². The summed E-state index contributed by atoms with van der Waals surface area (Å²) >= 11 is 0. The molecule has 1 aliphatic carbocycles. The van der Waals surface area contributed by atoms with Crippen LogP contribution in [0.15, 0.2) is 18.2 Å². The Kier molecular flexibility index (Phi) is 5.16. The summed E-state index contributed by atoms with van der Waals surface area (Å²) in [5.41, 5.74) is 2.25. The molecule has 1 unspecified atom stereocenters. The summed E-state index contributed by atoms with van der Waals surface area (Å²) in [6, 6.07) is 6.37. The zero-order valence-corrected chi connectivity index (χ0v) is 15.7. The predicted molar refractivity (Wildman–Crippen MR) is 100 cm³/mol. The molecular weight excluding hydrogens is 312 g/mol. The van der Waals surface area contributed by atoms with Crippen LogP contribution in [0.25, 0.3) is 0 Å². The molecule has 0 radical (unpaired) electrons. The van der Waals surface area contributed by atoms with Crippen molar-refractivity contribution in [2.75, 3.05) is 11.9 Å². The highest BCUT2D eigenvalue weighted by molar-refractivity contribution is 6.13. The van der Waals surface area contributed by atoms with E-state index in [0.717, 1.165) is 49.0 Å². The Morgan fingerprint density at radius 1 is 1.24 bits per heavy atom. The molecule has 4 nitrogen and oxygen atoms in total. The molecule has 0 bridgehead atoms. The van der Waals surface area contributed by atoms with Crippen molar-refractivity contribution in [2.24, 2.45) is 5.41 Å². The van der Waals surface area contributed by atoms with Crippen molar-refractivity contribution in [3.05, 3.63) is 29.3 Å². The maximum atomic E-state index is 13.2. The summed E-state index contributed by atoms with van der Waals surface area (Å²) in [5.74, 6) is -0.0508. The Hall–Kier alpha value is -1.84. The highest BCUT2D eigenvalue weighted by Gasteiger charge is 2.58. The number of nitrogens with one attached hydrogen (secondary N) is 1. The second-order valence-corrected chi connectivity index (χ2v) is 7.56. The van der Waals surface area contributed by atoms with Gasteiger partial charge in [-0.3, -0.25) is 9.59 Å². The first-order chi connectivity index (χ1) is 12.0. The molecule has 0 aromatic heterocycles. The lowest BCUT2D eigenvalue weighted by atomic mass is 9.95. The molecule has 2 aliphatic rings. The molecule has 1 saturated heterocycles. The van der Waals surface area contributed by atoms with Crippen LogP contribution in [-0.4, -0.2) is 29.3 Å². The van der Waals surface area contributed by atoms with E-state index in [0.29, 0.717) is 18.9 Å². The number of anilines is 1. The number of rotatable bonds is 5. The van der Waals surface area contributed by atoms with Gasteiger partial charge in [0.15, 0.2) is 0 Å². The standard InChI is InChI=1S/C21H30N2O2/c1-4-16-10-8-9-15(3)18(16)22-19(24)21(12-13-21)20(25)23-14-7-6-11-17(23)5-2/h8-10,17H,4-7,11-14H2,1-3H3,(H,22,24). The van der Waals surface area contributed by atoms with Crippen molar-refractivity contribution in [3.8, 4) is 0 Å². The van der Waals surface area contributed by atoms with Gasteiger partial charge in [0.1, 0.15) is 5.41 Å². The van der Waals surface area contributed by atoms with Gasteiger partial charge in [-0.1, -0.05) is 32.0 Å². The number of para-hydroxylation sites is 1. The molecule has 2 fully saturated rings. The molecule has 25 heavy (non-hydrogen) atoms. The number of amides is 2. The van der Waals surface area contributed by atoms with E-state index in [1.54, 1.807) is 0 Å². The van der Waals surface area contributed by atoms with Crippen LogP contribution in [0, 0.1) is 12.3 Å². The van der Waals surface area contributed by atoms with E-state index in [1.807, 2.05) is 30.0 Å². The van der Waals surface area contributed by atoms with Gasteiger partial charge >= 0.3 is 0 Å². The zero-order valence-electron chi connectivity index (χ0n) is 15.7. The number of hydrogen-bond donors (Lipinski definition) is 1. The SMILES string of the molecule is CCc1cccc(C)c1NC(=O)C1(C(=O)N2CCCCC2CC)CC1. The molecule has 0 spiro atoms. The van der Waals surface area contributed by atoms with Crippen molar-refractivity contribution in [1.29, 1.82) is 0 Å². The fourth-order valence-corrected chi connectivity index (χ4v) is 4.07. The number of likely N-dealkylation sites (tertiary alicyclic amines) is 1. The summed E-state index contributed by atoms with van der Waals surface area (Å²) in [4.78, 5) is 28.2. The third-order valence-corrected chi connectivity index (χ3v) is 5.93. The van der Waals surface area contributed by atoms with Gasteiger partial charge in [0.05, 0.1) is 0 Å². The summed E-state index contributed by atoms with van der Waals surface area (Å²) < 4.78 is 0. The molecular formula is C21H30N2O2. The number of hydrogen-bond acceptors (Lipinski definition) is 2. The summed E-state index contributed by atoms with van der Waals surface area (Å²) in [6.45, 7) is 7.03. The fourth-order valence-electron chi connectivity index (χ4n) is 4.07. The first-order valence-electron chi connectivity index (χ1n) is 9.74. The Morgan fingerprint density at radius 3 is 2.64 bits per heavy atom. The molecule has 136 valence electrons. The van der Waals surface area contributed by atoms with Gasteiger partial charge in [-0.15, -0.1) is 0 Å². The van der Waals surface area contributed by atoms with Crippen molar-refractivity contribution >= 4 is 17.5 Å². The quantitative estimate of drug-likeness (QED) is 0.820. The lowest BCUT2D eigenvalue weighted by Gasteiger charge is -2.37. The summed E-state index contributed by atoms with van der Waals surface area (Å²) in [5, 5.41) is 3.10. The second kappa shape index (κ2) is 7.19. The molecule has 1 aliphatic heterocycles. The maximum Gasteiger partial charge on any atom is 0.240 e. The average Bonchev–Trinajstić information content (AvgIpc) is 3.44. The summed E-state index contributed by atoms with van der Waals surface area (Å²) in [7, 11) is 0. The largest absolute Gasteiger partial charge is 0.339 e. The Morgan fingerprint density at radius 2 is 2.00 bits per heavy atom. The van der Waals surface area contributed by atoms with E-state index in [4.69, 9.17) is 0 Å². The van der Waals surface area contributed by atoms with Crippen LogP contribution >= 0.6 is 0 Å². The monoisotopic (exact) mass is 342 g/mol. The van der Waals surface area contributed by atoms with Crippen LogP contribution in [0.4, 0.5) is 5.69 Å². The first-order valence-corrected chi connectivity index (χ1v) is 9.74. The van der Waals surface area contributed by atoms with Crippen LogP contribution in [0.3, 0.4) is 0 Å². The van der Waals surface area contributed by atoms with Crippen molar-refractivity contribution in [3.63, 3.8) is 0 Å². The van der Waals surface area contributed by atoms with Crippen molar-refractivity contribution < 1.29 is 9.59 Å². The topological polar surface area (TPSA) is 49.4 Å². The lowest BCUT2D eigenvalue weighted by Crippen LogP contribution is -2.49. The molecule has 2 amide bonds. The normalized spacial score (nSPS) is 21.7. The van der Waals surface area contributed by atoms with E-state index < -0.39 is 5.41 Å². The molecule has 1 heterocycles. The third-order valence-electron chi connectivity index (χ3n) is 5.93. The Bertz CT molecular complexity index is 664. The minimum absolute atomic E-state index is 0.0585. The molecule has 3 rings (SSSR count). The van der Waals surface area contributed by atoms with Crippen LogP contribution in [0.1, 0.15) is 63.5 Å². The highest BCUT2D eigenvalue weighted by atomic mass is 16.2. The van der Waals surface area contributed by atoms with Gasteiger partial charge in [0.25, 0.3) is 0 Å². The molecule has 1 atom stereocenters. The number of aryl methyl sites for hydroxylation is 2. The van der Waals surface area contributed by atoms with Crippen molar-refractivity contribution in [2.45, 2.75) is 71.8 Å². The minimum atomic E-state index is -0.821. The number of carbonyl (C=O) groups is 2. The average molecular weight is 342 g/mol. The molecule has 4 heteroatoms. The fraction of sp³-hybridized carbons (Fsp3) is 0.619. The highest BCUT2D eigenvalue weighted by Crippen LogP contribution is 2.49. The van der Waals surface area contributed by atoms with Crippen LogP contribution in [-0.2, 0) is 16.0 Å². The number of nitrogens with zero attached hydrogens (tertiary/aromatic N) is 1. The van der Waals surface area contributed by atoms with Crippen LogP contribution < -0.4 is 5.32 Å². The molecule has 1 aromatic carbocycles. The zero-order chi connectivity index (χ0) is 18.0. The van der Waals surface area contributed by atoms with E-state index in [1.165, 1.54) is 6.42 Å². The molecule has 1 N–H and O–H groups in total. The maximum absolute atomic E-state index is 13.2. The number of benzene rings is 1. The van der Waals surface area contributed by atoms with Crippen molar-refractivity contribution in [1.82, 2.24) is 4.90 Å². The van der Waals surface area contributed by atoms with Gasteiger partial charge in [-0.25, -0.2) is 0 Å². The van der Waals surface area contributed by atoms with E-state index >= 15 is 0 Å². The first kappa shape index (κ1) is 18.0.